The van der Waals surface area contributed by atoms with Gasteiger partial charge in [-0.2, -0.15) is 0 Å². The van der Waals surface area contributed by atoms with Crippen LogP contribution in [0.5, 0.6) is 0 Å². The number of nitrogens with zero attached hydrogens (tertiary/aromatic N) is 5. The highest BCUT2D eigenvalue weighted by molar-refractivity contribution is 6.15. The number of fused-ring (bicyclic) bond motifs is 19. The zero-order valence-corrected chi connectivity index (χ0v) is 66.8. The van der Waals surface area contributed by atoms with Gasteiger partial charge >= 0.3 is 0 Å². The Hall–Kier alpha value is -16.7. The summed E-state index contributed by atoms with van der Waals surface area (Å²) in [6, 6.07) is 151. The van der Waals surface area contributed by atoms with E-state index < -0.39 is 0 Å². The topological polar surface area (TPSA) is 80.0 Å². The number of hydrogen-bond acceptors (Lipinski definition) is 5. The average Bonchev–Trinajstić information content (AvgIpc) is 1.60. The second-order valence-corrected chi connectivity index (χ2v) is 32.7. The first-order chi connectivity index (χ1) is 61.4. The summed E-state index contributed by atoms with van der Waals surface area (Å²) in [4.78, 5) is 11.0. The van der Waals surface area contributed by atoms with Crippen LogP contribution in [0.25, 0.3) is 260 Å². The second kappa shape index (κ2) is 27.4. The van der Waals surface area contributed by atoms with Gasteiger partial charge in [-0.15, -0.1) is 0 Å². The summed E-state index contributed by atoms with van der Waals surface area (Å²) < 4.78 is 26.3. The first kappa shape index (κ1) is 69.3. The molecule has 0 spiro atoms. The number of benzene rings is 19. The molecule has 0 saturated heterocycles. The second-order valence-electron chi connectivity index (χ2n) is 32.7. The van der Waals surface area contributed by atoms with E-state index in [-0.39, 0.29) is 0 Å². The maximum absolute atomic E-state index is 6.37. The summed E-state index contributed by atoms with van der Waals surface area (Å²) in [7, 11) is 0. The minimum absolute atomic E-state index is 0.653. The molecule has 26 aromatic rings. The lowest BCUT2D eigenvalue weighted by Crippen LogP contribution is -1.96. The summed E-state index contributed by atoms with van der Waals surface area (Å²) >= 11 is 0. The Morgan fingerprint density at radius 1 is 0.153 bits per heavy atom. The van der Waals surface area contributed by atoms with E-state index in [1.165, 1.54) is 32.3 Å². The molecule has 8 heteroatoms. The average molecular weight is 1580 g/mol. The van der Waals surface area contributed by atoms with Crippen molar-refractivity contribution < 1.29 is 13.3 Å². The molecular weight excluding hydrogens is 1510 g/mol. The molecule has 0 saturated carbocycles. The van der Waals surface area contributed by atoms with Crippen LogP contribution in [0.15, 0.2) is 432 Å². The van der Waals surface area contributed by atoms with Crippen LogP contribution >= 0.6 is 0 Å². The largest absolute Gasteiger partial charge is 0.456 e. The van der Waals surface area contributed by atoms with Gasteiger partial charge in [-0.3, -0.25) is 0 Å². The van der Waals surface area contributed by atoms with Crippen molar-refractivity contribution in [2.45, 2.75) is 0 Å². The van der Waals surface area contributed by atoms with Gasteiger partial charge in [0.25, 0.3) is 0 Å². The van der Waals surface area contributed by atoms with Crippen molar-refractivity contribution in [3.8, 4) is 118 Å². The fourth-order valence-electron chi connectivity index (χ4n) is 19.6. The number of para-hydroxylation sites is 6. The van der Waals surface area contributed by atoms with Gasteiger partial charge in [0.05, 0.1) is 44.3 Å². The molecule has 0 amide bonds. The van der Waals surface area contributed by atoms with Crippen LogP contribution in [-0.4, -0.2) is 23.7 Å². The van der Waals surface area contributed by atoms with Gasteiger partial charge in [-0.05, 0) is 217 Å². The van der Waals surface area contributed by atoms with Crippen molar-refractivity contribution in [3.05, 3.63) is 419 Å². The molecular formula is C116H69N5O3. The molecule has 0 bridgehead atoms. The van der Waals surface area contributed by atoms with E-state index in [1.54, 1.807) is 0 Å². The van der Waals surface area contributed by atoms with Gasteiger partial charge < -0.3 is 27.0 Å². The smallest absolute Gasteiger partial charge is 0.160 e. The van der Waals surface area contributed by atoms with Crippen LogP contribution in [-0.2, 0) is 0 Å². The molecule has 26 rings (SSSR count). The predicted molar refractivity (Wildman–Crippen MR) is 513 cm³/mol. The van der Waals surface area contributed by atoms with Crippen molar-refractivity contribution in [3.63, 3.8) is 0 Å². The lowest BCUT2D eigenvalue weighted by atomic mass is 9.97. The monoisotopic (exact) mass is 1580 g/mol. The standard InChI is InChI=1S/C116H69N5O3/c1-7-19-103-89(13-1)92-56-43-80(83-46-59-98-95-16-4-10-22-109(95)122-112(98)67-83)64-106(92)119(103)86-50-37-73(38-51-86)70-25-27-76(28-26-70)79-49-62-102-101(63-79)115(77-33-29-71(30-34-77)74-39-52-87(53-40-74)120-104-20-8-2-14-90(104)93-57-44-81(65-107(93)120)84-47-60-99-96-17-5-11-23-110(96)123-113(99)68-84)118-116(117-102)78-35-31-72(32-36-78)75-41-54-88(55-42-75)121-105-21-9-3-15-91(105)94-58-45-82(66-108(94)121)85-48-61-100-97-18-6-12-24-111(97)124-114(100)69-85/h1-69H. The Morgan fingerprint density at radius 2 is 0.395 bits per heavy atom. The Morgan fingerprint density at radius 3 is 0.750 bits per heavy atom. The van der Waals surface area contributed by atoms with Gasteiger partial charge in [0, 0.05) is 98.2 Å². The van der Waals surface area contributed by atoms with Crippen molar-refractivity contribution in [2.24, 2.45) is 0 Å². The highest BCUT2D eigenvalue weighted by atomic mass is 16.3. The summed E-state index contributed by atoms with van der Waals surface area (Å²) in [6.45, 7) is 0. The van der Waals surface area contributed by atoms with E-state index >= 15 is 0 Å². The maximum Gasteiger partial charge on any atom is 0.160 e. The molecule has 576 valence electrons. The summed E-state index contributed by atoms with van der Waals surface area (Å²) in [6.07, 6.45) is 0. The summed E-state index contributed by atoms with van der Waals surface area (Å²) in [5, 5.41) is 15.0. The van der Waals surface area contributed by atoms with Crippen LogP contribution in [0.4, 0.5) is 0 Å². The third-order valence-corrected chi connectivity index (χ3v) is 25.7. The Bertz CT molecular complexity index is 8880. The van der Waals surface area contributed by atoms with E-state index in [9.17, 15) is 0 Å². The zero-order valence-electron chi connectivity index (χ0n) is 66.8. The maximum atomic E-state index is 6.37. The van der Waals surface area contributed by atoms with Crippen LogP contribution in [0.1, 0.15) is 0 Å². The SMILES string of the molecule is c1ccc2c(c1)oc1cc(-c3ccc4c5ccccc5n(-c5ccc(-c6ccc(-c7ccc8nc(-c9ccc(-c%10ccc(-n%11c%12ccccc%12c%12ccc(-c%13ccc%14c(c%13)oc%13ccccc%13%14)cc%12%11)cc%10)cc9)nc(-c9ccc(-c%10ccc(-n%11c%12ccccc%12c%12ccc(-c%13ccc%14c(c%13)oc%13ccccc%13%14)cc%12%11)cc%10)cc9)c8c7)cc6)cc5)c4c3)ccc12. The summed E-state index contributed by atoms with van der Waals surface area (Å²) in [5.74, 6) is 0.653. The van der Waals surface area contributed by atoms with E-state index in [1.807, 2.05) is 36.4 Å². The molecule has 0 atom stereocenters. The lowest BCUT2D eigenvalue weighted by molar-refractivity contribution is 0.668. The first-order valence-electron chi connectivity index (χ1n) is 42.2. The van der Waals surface area contributed by atoms with Crippen molar-refractivity contribution in [2.75, 3.05) is 0 Å². The molecule has 0 radical (unpaired) electrons. The van der Waals surface area contributed by atoms with Gasteiger partial charge in [-0.25, -0.2) is 9.97 Å². The minimum Gasteiger partial charge on any atom is -0.456 e. The Labute approximate surface area is 710 Å². The molecule has 7 heterocycles. The molecule has 0 fully saturated rings. The van der Waals surface area contributed by atoms with E-state index in [2.05, 4.69) is 396 Å². The van der Waals surface area contributed by atoms with E-state index in [4.69, 9.17) is 23.2 Å². The molecule has 0 N–H and O–H groups in total. The normalized spacial score (nSPS) is 12.0. The third-order valence-electron chi connectivity index (χ3n) is 25.7. The fourth-order valence-corrected chi connectivity index (χ4v) is 19.6. The highest BCUT2D eigenvalue weighted by Gasteiger charge is 2.22. The molecule has 0 aliphatic carbocycles. The van der Waals surface area contributed by atoms with Crippen LogP contribution in [0.3, 0.4) is 0 Å². The first-order valence-corrected chi connectivity index (χ1v) is 42.2. The van der Waals surface area contributed by atoms with Crippen LogP contribution in [0.2, 0.25) is 0 Å². The third kappa shape index (κ3) is 11.2. The number of rotatable bonds is 12. The molecule has 0 aliphatic heterocycles. The molecule has 19 aromatic carbocycles. The van der Waals surface area contributed by atoms with Crippen molar-refractivity contribution in [1.82, 2.24) is 23.7 Å². The van der Waals surface area contributed by atoms with Crippen LogP contribution < -0.4 is 0 Å². The molecule has 8 nitrogen and oxygen atoms in total. The Balaban J connectivity index is 0.524. The number of hydrogen-bond donors (Lipinski definition) is 0. The predicted octanol–water partition coefficient (Wildman–Crippen LogP) is 31.6. The van der Waals surface area contributed by atoms with E-state index in [0.717, 1.165) is 222 Å². The van der Waals surface area contributed by atoms with Crippen LogP contribution in [0, 0.1) is 0 Å². The lowest BCUT2D eigenvalue weighted by Gasteiger charge is -2.13. The molecule has 124 heavy (non-hydrogen) atoms. The molecule has 7 aromatic heterocycles. The van der Waals surface area contributed by atoms with Crippen molar-refractivity contribution in [1.29, 1.82) is 0 Å². The summed E-state index contributed by atoms with van der Waals surface area (Å²) in [5.41, 5.74) is 34.7. The highest BCUT2D eigenvalue weighted by Crippen LogP contribution is 2.45. The number of furan rings is 3. The van der Waals surface area contributed by atoms with Gasteiger partial charge in [0.2, 0.25) is 0 Å². The molecule has 0 aliphatic rings. The zero-order chi connectivity index (χ0) is 81.2. The number of aromatic nitrogens is 5. The van der Waals surface area contributed by atoms with Gasteiger partial charge in [-0.1, -0.05) is 279 Å². The fraction of sp³-hybridized carbons (Fsp3) is 0. The van der Waals surface area contributed by atoms with Crippen molar-refractivity contribution >= 4 is 142 Å². The van der Waals surface area contributed by atoms with E-state index in [0.29, 0.717) is 5.82 Å². The quantitative estimate of drug-likeness (QED) is 0.122. The van der Waals surface area contributed by atoms with Gasteiger partial charge in [0.1, 0.15) is 33.5 Å². The Kier molecular flexibility index (Phi) is 15.3. The van der Waals surface area contributed by atoms with Gasteiger partial charge in [0.15, 0.2) is 5.82 Å². The minimum atomic E-state index is 0.653. The molecule has 0 unspecified atom stereocenters.